The van der Waals surface area contributed by atoms with Gasteiger partial charge >= 0.3 is 5.97 Å². The van der Waals surface area contributed by atoms with Crippen LogP contribution in [0.25, 0.3) is 0 Å². The first-order valence-corrected chi connectivity index (χ1v) is 3.23. The van der Waals surface area contributed by atoms with Crippen molar-refractivity contribution in [3.05, 3.63) is 12.3 Å². The van der Waals surface area contributed by atoms with Gasteiger partial charge in [-0.1, -0.05) is 13.5 Å². The number of hydrogen-bond acceptors (Lipinski definition) is 3. The largest absolute Gasteiger partial charge is 0.464 e. The molecule has 1 N–H and O–H groups in total. The minimum Gasteiger partial charge on any atom is -0.464 e. The maximum absolute atomic E-state index is 10.6. The van der Waals surface area contributed by atoms with Crippen LogP contribution in [0.1, 0.15) is 13.3 Å². The summed E-state index contributed by atoms with van der Waals surface area (Å²) >= 11 is 0. The summed E-state index contributed by atoms with van der Waals surface area (Å²) in [6.45, 7) is 6.25. The summed E-state index contributed by atoms with van der Waals surface area (Å²) in [5.74, 6) is -0.395. The zero-order valence-corrected chi connectivity index (χ0v) is 6.44. The van der Waals surface area contributed by atoms with E-state index in [9.17, 15) is 4.79 Å². The summed E-state index contributed by atoms with van der Waals surface area (Å²) < 4.78 is 4.41. The first-order chi connectivity index (χ1) is 4.72. The first-order valence-electron chi connectivity index (χ1n) is 3.23. The number of esters is 1. The van der Waals surface area contributed by atoms with Crippen molar-refractivity contribution in [2.75, 3.05) is 13.7 Å². The quantitative estimate of drug-likeness (QED) is 0.464. The molecule has 0 aromatic carbocycles. The monoisotopic (exact) mass is 143 g/mol. The van der Waals surface area contributed by atoms with Crippen LogP contribution in [0.15, 0.2) is 12.3 Å². The lowest BCUT2D eigenvalue weighted by molar-refractivity contribution is -0.136. The van der Waals surface area contributed by atoms with E-state index < -0.39 is 5.97 Å². The lowest BCUT2D eigenvalue weighted by Crippen LogP contribution is -2.20. The molecule has 0 rings (SSSR count). The fourth-order valence-corrected chi connectivity index (χ4v) is 0.471. The molecule has 0 atom stereocenters. The van der Waals surface area contributed by atoms with E-state index in [4.69, 9.17) is 0 Å². The topological polar surface area (TPSA) is 38.3 Å². The molecule has 0 spiro atoms. The van der Waals surface area contributed by atoms with Gasteiger partial charge in [-0.2, -0.15) is 0 Å². The van der Waals surface area contributed by atoms with Gasteiger partial charge in [0.25, 0.3) is 0 Å². The van der Waals surface area contributed by atoms with Crippen LogP contribution in [0.4, 0.5) is 0 Å². The van der Waals surface area contributed by atoms with Crippen LogP contribution >= 0.6 is 0 Å². The van der Waals surface area contributed by atoms with Crippen molar-refractivity contribution < 1.29 is 9.53 Å². The summed E-state index contributed by atoms with van der Waals surface area (Å²) in [5.41, 5.74) is 0.323. The van der Waals surface area contributed by atoms with Crippen LogP contribution in [-0.4, -0.2) is 19.6 Å². The van der Waals surface area contributed by atoms with Crippen molar-refractivity contribution in [3.8, 4) is 0 Å². The summed E-state index contributed by atoms with van der Waals surface area (Å²) in [6.07, 6.45) is 0.968. The van der Waals surface area contributed by atoms with Crippen LogP contribution in [0.3, 0.4) is 0 Å². The molecule has 0 aliphatic rings. The van der Waals surface area contributed by atoms with E-state index in [2.05, 4.69) is 16.6 Å². The van der Waals surface area contributed by atoms with E-state index in [1.165, 1.54) is 7.11 Å². The number of methoxy groups -OCH3 is 1. The molecule has 10 heavy (non-hydrogen) atoms. The Kier molecular flexibility index (Phi) is 4.37. The zero-order valence-electron chi connectivity index (χ0n) is 6.44. The highest BCUT2D eigenvalue weighted by atomic mass is 16.5. The van der Waals surface area contributed by atoms with E-state index in [-0.39, 0.29) is 0 Å². The third-order valence-corrected chi connectivity index (χ3v) is 1.02. The Balaban J connectivity index is 3.52. The van der Waals surface area contributed by atoms with Gasteiger partial charge in [-0.15, -0.1) is 0 Å². The van der Waals surface area contributed by atoms with E-state index in [1.807, 2.05) is 6.92 Å². The molecule has 0 saturated carbocycles. The first kappa shape index (κ1) is 9.01. The minimum atomic E-state index is -0.395. The molecule has 0 aromatic rings. The summed E-state index contributed by atoms with van der Waals surface area (Å²) in [7, 11) is 1.33. The third-order valence-electron chi connectivity index (χ3n) is 1.02. The molecule has 0 saturated heterocycles. The second-order valence-corrected chi connectivity index (χ2v) is 1.90. The van der Waals surface area contributed by atoms with Crippen molar-refractivity contribution in [1.82, 2.24) is 5.32 Å². The average molecular weight is 143 g/mol. The van der Waals surface area contributed by atoms with Crippen LogP contribution < -0.4 is 5.32 Å². The molecular formula is C7H13NO2. The Morgan fingerprint density at radius 1 is 1.70 bits per heavy atom. The van der Waals surface area contributed by atoms with Gasteiger partial charge in [-0.05, 0) is 6.42 Å². The van der Waals surface area contributed by atoms with Crippen molar-refractivity contribution in [3.63, 3.8) is 0 Å². The molecule has 58 valence electrons. The lowest BCUT2D eigenvalue weighted by atomic mass is 10.4. The minimum absolute atomic E-state index is 0.323. The Labute approximate surface area is 61.1 Å². The Hall–Kier alpha value is -0.990. The molecule has 0 heterocycles. The van der Waals surface area contributed by atoms with Crippen molar-refractivity contribution >= 4 is 5.97 Å². The number of nitrogens with one attached hydrogen (secondary N) is 1. The number of carbonyl (C=O) groups is 1. The molecule has 0 radical (unpaired) electrons. The van der Waals surface area contributed by atoms with Gasteiger partial charge < -0.3 is 10.1 Å². The molecular weight excluding hydrogens is 130 g/mol. The third kappa shape index (κ3) is 3.12. The van der Waals surface area contributed by atoms with E-state index in [1.54, 1.807) is 0 Å². The fraction of sp³-hybridized carbons (Fsp3) is 0.571. The van der Waals surface area contributed by atoms with Crippen LogP contribution in [0.2, 0.25) is 0 Å². The van der Waals surface area contributed by atoms with Crippen molar-refractivity contribution in [1.29, 1.82) is 0 Å². The SMILES string of the molecule is C=C(NCCC)C(=O)OC. The molecule has 0 unspecified atom stereocenters. The maximum atomic E-state index is 10.6. The summed E-state index contributed by atoms with van der Waals surface area (Å²) in [4.78, 5) is 10.6. The highest BCUT2D eigenvalue weighted by Crippen LogP contribution is 1.87. The Morgan fingerprint density at radius 3 is 2.70 bits per heavy atom. The Bertz CT molecular complexity index is 132. The normalized spacial score (nSPS) is 8.60. The molecule has 3 heteroatoms. The predicted molar refractivity (Wildman–Crippen MR) is 39.4 cm³/mol. The zero-order chi connectivity index (χ0) is 7.98. The number of rotatable bonds is 4. The molecule has 0 aliphatic heterocycles. The predicted octanol–water partition coefficient (Wildman–Crippen LogP) is 0.673. The smallest absolute Gasteiger partial charge is 0.353 e. The molecule has 0 amide bonds. The molecule has 0 aromatic heterocycles. The maximum Gasteiger partial charge on any atom is 0.353 e. The molecule has 3 nitrogen and oxygen atoms in total. The highest BCUT2D eigenvalue weighted by molar-refractivity contribution is 5.86. The lowest BCUT2D eigenvalue weighted by Gasteiger charge is -2.04. The second kappa shape index (κ2) is 4.85. The van der Waals surface area contributed by atoms with E-state index in [0.29, 0.717) is 5.70 Å². The van der Waals surface area contributed by atoms with Crippen molar-refractivity contribution in [2.45, 2.75) is 13.3 Å². The van der Waals surface area contributed by atoms with Gasteiger partial charge in [0, 0.05) is 6.54 Å². The number of ether oxygens (including phenoxy) is 1. The molecule has 0 aliphatic carbocycles. The van der Waals surface area contributed by atoms with Gasteiger partial charge in [0.05, 0.1) is 7.11 Å². The van der Waals surface area contributed by atoms with Crippen LogP contribution in [0.5, 0.6) is 0 Å². The molecule has 0 fully saturated rings. The summed E-state index contributed by atoms with van der Waals surface area (Å²) in [5, 5.41) is 2.81. The van der Waals surface area contributed by atoms with Gasteiger partial charge in [0.2, 0.25) is 0 Å². The number of hydrogen-bond donors (Lipinski definition) is 1. The number of carbonyl (C=O) groups excluding carboxylic acids is 1. The van der Waals surface area contributed by atoms with E-state index in [0.717, 1.165) is 13.0 Å². The van der Waals surface area contributed by atoms with E-state index >= 15 is 0 Å². The Morgan fingerprint density at radius 2 is 2.30 bits per heavy atom. The second-order valence-electron chi connectivity index (χ2n) is 1.90. The van der Waals surface area contributed by atoms with Gasteiger partial charge in [-0.25, -0.2) is 4.79 Å². The van der Waals surface area contributed by atoms with Gasteiger partial charge in [-0.3, -0.25) is 0 Å². The highest BCUT2D eigenvalue weighted by Gasteiger charge is 2.02. The van der Waals surface area contributed by atoms with Crippen LogP contribution in [-0.2, 0) is 9.53 Å². The fourth-order valence-electron chi connectivity index (χ4n) is 0.471. The van der Waals surface area contributed by atoms with Gasteiger partial charge in [0.1, 0.15) is 5.70 Å². The summed E-state index contributed by atoms with van der Waals surface area (Å²) in [6, 6.07) is 0. The van der Waals surface area contributed by atoms with Crippen molar-refractivity contribution in [2.24, 2.45) is 0 Å². The van der Waals surface area contributed by atoms with Crippen LogP contribution in [0, 0.1) is 0 Å². The molecule has 0 bridgehead atoms. The average Bonchev–Trinajstić information content (AvgIpc) is 1.98. The standard InChI is InChI=1S/C7H13NO2/c1-4-5-8-6(2)7(9)10-3/h8H,2,4-5H2,1,3H3. The van der Waals surface area contributed by atoms with Gasteiger partial charge in [0.15, 0.2) is 0 Å².